The number of amides is 1. The van der Waals surface area contributed by atoms with E-state index in [2.05, 4.69) is 15.5 Å². The van der Waals surface area contributed by atoms with Crippen molar-refractivity contribution in [3.8, 4) is 0 Å². The largest absolute Gasteiger partial charge is 0.355 e. The molecule has 0 aliphatic rings. The summed E-state index contributed by atoms with van der Waals surface area (Å²) in [5, 5.41) is 10.4. The van der Waals surface area contributed by atoms with E-state index in [9.17, 15) is 9.59 Å². The molecule has 0 unspecified atom stereocenters. The predicted molar refractivity (Wildman–Crippen MR) is 90.1 cm³/mol. The molecule has 0 saturated carbocycles. The van der Waals surface area contributed by atoms with Crippen molar-refractivity contribution in [1.29, 1.82) is 0 Å². The van der Waals surface area contributed by atoms with E-state index in [0.29, 0.717) is 11.3 Å². The first kappa shape index (κ1) is 15.3. The third-order valence-electron chi connectivity index (χ3n) is 3.45. The van der Waals surface area contributed by atoms with Crippen LogP contribution < -0.4 is 5.32 Å². The molecule has 0 saturated heterocycles. The molecule has 0 spiro atoms. The van der Waals surface area contributed by atoms with Crippen LogP contribution in [0.2, 0.25) is 0 Å². The fourth-order valence-corrected chi connectivity index (χ4v) is 3.32. The van der Waals surface area contributed by atoms with Gasteiger partial charge in [0.1, 0.15) is 5.69 Å². The Morgan fingerprint density at radius 3 is 2.70 bits per heavy atom. The summed E-state index contributed by atoms with van der Waals surface area (Å²) in [4.78, 5) is 25.3. The van der Waals surface area contributed by atoms with Crippen molar-refractivity contribution in [3.05, 3.63) is 53.7 Å². The molecular formula is C17H15N3O2S. The van der Waals surface area contributed by atoms with Gasteiger partial charge < -0.3 is 5.32 Å². The van der Waals surface area contributed by atoms with Crippen molar-refractivity contribution >= 4 is 34.4 Å². The molecule has 2 N–H and O–H groups in total. The summed E-state index contributed by atoms with van der Waals surface area (Å²) < 4.78 is 0. The number of ketones is 1. The van der Waals surface area contributed by atoms with E-state index in [-0.39, 0.29) is 11.7 Å². The molecule has 0 bridgehead atoms. The van der Waals surface area contributed by atoms with Gasteiger partial charge in [0.15, 0.2) is 5.78 Å². The molecule has 23 heavy (non-hydrogen) atoms. The number of fused-ring (bicyclic) bond motifs is 1. The molecular weight excluding hydrogens is 310 g/mol. The van der Waals surface area contributed by atoms with Gasteiger partial charge in [0.25, 0.3) is 5.91 Å². The van der Waals surface area contributed by atoms with Crippen molar-refractivity contribution in [1.82, 2.24) is 15.5 Å². The van der Waals surface area contributed by atoms with Gasteiger partial charge in [0.2, 0.25) is 0 Å². The fraction of sp³-hybridized carbons (Fsp3) is 0.118. The van der Waals surface area contributed by atoms with Crippen LogP contribution in [0.15, 0.2) is 52.3 Å². The topological polar surface area (TPSA) is 74.8 Å². The van der Waals surface area contributed by atoms with Gasteiger partial charge in [0, 0.05) is 29.1 Å². The summed E-state index contributed by atoms with van der Waals surface area (Å²) in [7, 11) is 1.61. The average molecular weight is 325 g/mol. The highest BCUT2D eigenvalue weighted by Crippen LogP contribution is 2.32. The van der Waals surface area contributed by atoms with Gasteiger partial charge in [-0.1, -0.05) is 23.9 Å². The van der Waals surface area contributed by atoms with Crippen molar-refractivity contribution in [2.75, 3.05) is 7.05 Å². The number of aromatic amines is 1. The molecule has 0 atom stereocenters. The number of nitrogens with zero attached hydrogens (tertiary/aromatic N) is 1. The van der Waals surface area contributed by atoms with Gasteiger partial charge in [-0.3, -0.25) is 14.7 Å². The molecule has 0 aliphatic carbocycles. The van der Waals surface area contributed by atoms with Crippen molar-refractivity contribution in [2.24, 2.45) is 0 Å². The Bertz CT molecular complexity index is 902. The molecule has 0 fully saturated rings. The molecule has 0 aliphatic heterocycles. The minimum atomic E-state index is -0.116. The molecule has 2 aromatic carbocycles. The first-order valence-corrected chi connectivity index (χ1v) is 7.90. The summed E-state index contributed by atoms with van der Waals surface area (Å²) in [6.45, 7) is 1.50. The van der Waals surface area contributed by atoms with Crippen molar-refractivity contribution in [3.63, 3.8) is 0 Å². The van der Waals surface area contributed by atoms with Crippen molar-refractivity contribution in [2.45, 2.75) is 16.7 Å². The number of hydrogen-bond donors (Lipinski definition) is 2. The maximum Gasteiger partial charge on any atom is 0.252 e. The zero-order valence-corrected chi connectivity index (χ0v) is 13.5. The lowest BCUT2D eigenvalue weighted by Crippen LogP contribution is -2.18. The Kier molecular flexibility index (Phi) is 4.16. The van der Waals surface area contributed by atoms with E-state index in [1.54, 1.807) is 13.1 Å². The van der Waals surface area contributed by atoms with Crippen LogP contribution in [0, 0.1) is 0 Å². The number of hydrogen-bond acceptors (Lipinski definition) is 4. The third-order valence-corrected chi connectivity index (χ3v) is 4.52. The lowest BCUT2D eigenvalue weighted by Gasteiger charge is -2.08. The number of carbonyl (C=O) groups excluding carboxylic acids is 2. The van der Waals surface area contributed by atoms with Crippen LogP contribution in [-0.4, -0.2) is 28.9 Å². The first-order chi connectivity index (χ1) is 11.1. The summed E-state index contributed by atoms with van der Waals surface area (Å²) in [5.74, 6) is -0.184. The quantitative estimate of drug-likeness (QED) is 0.722. The molecule has 0 radical (unpaired) electrons. The van der Waals surface area contributed by atoms with Gasteiger partial charge in [0.05, 0.1) is 11.1 Å². The van der Waals surface area contributed by atoms with Gasteiger partial charge in [-0.25, -0.2) is 0 Å². The van der Waals surface area contributed by atoms with E-state index < -0.39 is 0 Å². The molecule has 3 rings (SSSR count). The normalized spacial score (nSPS) is 10.7. The van der Waals surface area contributed by atoms with Crippen LogP contribution in [0.1, 0.15) is 27.8 Å². The van der Waals surface area contributed by atoms with Gasteiger partial charge in [-0.2, -0.15) is 5.10 Å². The SMILES string of the molecule is CNC(=O)c1ccccc1Sc1ccc2c(C(C)=O)n[nH]c2c1. The van der Waals surface area contributed by atoms with Crippen LogP contribution in [0.5, 0.6) is 0 Å². The second-order valence-corrected chi connectivity index (χ2v) is 6.13. The highest BCUT2D eigenvalue weighted by molar-refractivity contribution is 7.99. The Hall–Kier alpha value is -2.60. The number of carbonyl (C=O) groups is 2. The number of nitrogens with one attached hydrogen (secondary N) is 2. The lowest BCUT2D eigenvalue weighted by molar-refractivity contribution is 0.0959. The van der Waals surface area contributed by atoms with Gasteiger partial charge in [-0.15, -0.1) is 0 Å². The van der Waals surface area contributed by atoms with Crippen LogP contribution in [0.25, 0.3) is 10.9 Å². The second-order valence-electron chi connectivity index (χ2n) is 5.01. The molecule has 3 aromatic rings. The number of rotatable bonds is 4. The summed E-state index contributed by atoms with van der Waals surface area (Å²) in [5.41, 5.74) is 1.88. The third kappa shape index (κ3) is 2.98. The number of aromatic nitrogens is 2. The standard InChI is InChI=1S/C17H15N3O2S/c1-10(21)16-12-8-7-11(9-14(12)19-20-16)23-15-6-4-3-5-13(15)17(22)18-2/h3-9H,1-2H3,(H,18,22)(H,19,20). The van der Waals surface area contributed by atoms with E-state index in [1.165, 1.54) is 18.7 Å². The number of H-pyrrole nitrogens is 1. The molecule has 5 nitrogen and oxygen atoms in total. The molecule has 1 amide bonds. The van der Waals surface area contributed by atoms with Crippen LogP contribution in [0.4, 0.5) is 0 Å². The summed E-state index contributed by atoms with van der Waals surface area (Å²) >= 11 is 1.50. The number of benzene rings is 2. The van der Waals surface area contributed by atoms with E-state index in [1.807, 2.05) is 36.4 Å². The maximum atomic E-state index is 11.9. The van der Waals surface area contributed by atoms with Crippen LogP contribution in [0.3, 0.4) is 0 Å². The van der Waals surface area contributed by atoms with Gasteiger partial charge >= 0.3 is 0 Å². The highest BCUT2D eigenvalue weighted by atomic mass is 32.2. The fourth-order valence-electron chi connectivity index (χ4n) is 2.34. The lowest BCUT2D eigenvalue weighted by atomic mass is 10.2. The van der Waals surface area contributed by atoms with E-state index >= 15 is 0 Å². The van der Waals surface area contributed by atoms with E-state index in [4.69, 9.17) is 0 Å². The Morgan fingerprint density at radius 1 is 1.17 bits per heavy atom. The highest BCUT2D eigenvalue weighted by Gasteiger charge is 2.13. The molecule has 6 heteroatoms. The summed E-state index contributed by atoms with van der Waals surface area (Å²) in [6.07, 6.45) is 0. The molecule has 1 heterocycles. The predicted octanol–water partition coefficient (Wildman–Crippen LogP) is 3.28. The van der Waals surface area contributed by atoms with Crippen molar-refractivity contribution < 1.29 is 9.59 Å². The maximum absolute atomic E-state index is 11.9. The van der Waals surface area contributed by atoms with E-state index in [0.717, 1.165) is 20.7 Å². The minimum absolute atomic E-state index is 0.0679. The Labute approximate surface area is 137 Å². The van der Waals surface area contributed by atoms with Gasteiger partial charge in [-0.05, 0) is 30.3 Å². The van der Waals surface area contributed by atoms with Crippen LogP contribution in [-0.2, 0) is 0 Å². The molecule has 1 aromatic heterocycles. The Balaban J connectivity index is 1.97. The smallest absolute Gasteiger partial charge is 0.252 e. The second kappa shape index (κ2) is 6.26. The molecule has 116 valence electrons. The zero-order valence-electron chi connectivity index (χ0n) is 12.7. The number of Topliss-reactive ketones (excluding diaryl/α,β-unsaturated/α-hetero) is 1. The Morgan fingerprint density at radius 2 is 1.96 bits per heavy atom. The first-order valence-electron chi connectivity index (χ1n) is 7.08. The summed E-state index contributed by atoms with van der Waals surface area (Å²) in [6, 6.07) is 13.2. The van der Waals surface area contributed by atoms with Crippen LogP contribution >= 0.6 is 11.8 Å². The average Bonchev–Trinajstić information content (AvgIpc) is 2.98. The monoisotopic (exact) mass is 325 g/mol. The minimum Gasteiger partial charge on any atom is -0.355 e. The zero-order chi connectivity index (χ0) is 16.4.